The molecule has 10 heteroatoms. The fourth-order valence-corrected chi connectivity index (χ4v) is 3.30. The summed E-state index contributed by atoms with van der Waals surface area (Å²) in [6, 6.07) is 10.1. The van der Waals surface area contributed by atoms with Crippen molar-refractivity contribution < 1.29 is 18.0 Å². The van der Waals surface area contributed by atoms with Crippen LogP contribution in [0.1, 0.15) is 11.1 Å². The summed E-state index contributed by atoms with van der Waals surface area (Å²) in [5.74, 6) is 0.0593. The molecular formula is C24H21ClF3N5O. The first kappa shape index (κ1) is 24.8. The molecule has 34 heavy (non-hydrogen) atoms. The number of allylic oxidation sites excluding steroid dienone is 6. The third-order valence-corrected chi connectivity index (χ3v) is 4.96. The van der Waals surface area contributed by atoms with Gasteiger partial charge in [0.05, 0.1) is 5.71 Å². The molecule has 0 bridgehead atoms. The number of halogens is 4. The second-order valence-corrected chi connectivity index (χ2v) is 7.60. The van der Waals surface area contributed by atoms with Crippen molar-refractivity contribution >= 4 is 47.0 Å². The highest BCUT2D eigenvalue weighted by atomic mass is 35.5. The van der Waals surface area contributed by atoms with Gasteiger partial charge in [-0.25, -0.2) is 4.98 Å². The fraction of sp³-hybridized carbons (Fsp3) is 0.125. The normalized spacial score (nSPS) is 15.2. The quantitative estimate of drug-likeness (QED) is 0.373. The van der Waals surface area contributed by atoms with Crippen LogP contribution in [0.5, 0.6) is 0 Å². The molecule has 1 amide bonds. The van der Waals surface area contributed by atoms with Gasteiger partial charge in [-0.1, -0.05) is 29.8 Å². The molecule has 0 saturated carbocycles. The van der Waals surface area contributed by atoms with Crippen LogP contribution in [0, 0.1) is 5.41 Å². The molecule has 1 aliphatic rings. The molecular weight excluding hydrogens is 467 g/mol. The van der Waals surface area contributed by atoms with Gasteiger partial charge in [-0.2, -0.15) is 13.2 Å². The molecule has 0 aliphatic heterocycles. The molecule has 1 heterocycles. The number of nitrogens with one attached hydrogen (secondary N) is 4. The van der Waals surface area contributed by atoms with E-state index in [0.29, 0.717) is 28.3 Å². The van der Waals surface area contributed by atoms with Gasteiger partial charge in [-0.3, -0.25) is 4.79 Å². The molecule has 4 N–H and O–H groups in total. The molecule has 0 saturated heterocycles. The molecule has 0 atom stereocenters. The number of hydrogen-bond acceptors (Lipinski definition) is 5. The van der Waals surface area contributed by atoms with Crippen molar-refractivity contribution in [1.29, 1.82) is 5.41 Å². The van der Waals surface area contributed by atoms with Gasteiger partial charge < -0.3 is 21.4 Å². The Morgan fingerprint density at radius 3 is 2.53 bits per heavy atom. The third kappa shape index (κ3) is 6.58. The fourth-order valence-electron chi connectivity index (χ4n) is 3.17. The molecule has 2 aromatic rings. The number of amides is 1. The number of anilines is 2. The average Bonchev–Trinajstić information content (AvgIpc) is 2.79. The smallest absolute Gasteiger partial charge is 0.393 e. The zero-order valence-electron chi connectivity index (χ0n) is 18.0. The molecule has 0 spiro atoms. The molecule has 3 rings (SSSR count). The number of hydrogen-bond donors (Lipinski definition) is 4. The van der Waals surface area contributed by atoms with E-state index in [9.17, 15) is 18.0 Å². The number of alkyl halides is 3. The van der Waals surface area contributed by atoms with E-state index >= 15 is 0 Å². The molecule has 0 radical (unpaired) electrons. The minimum absolute atomic E-state index is 0.0312. The second-order valence-electron chi connectivity index (χ2n) is 7.17. The number of nitrogens with zero attached hydrogens (tertiary/aromatic N) is 1. The maximum absolute atomic E-state index is 12.6. The van der Waals surface area contributed by atoms with Gasteiger partial charge in [0, 0.05) is 29.4 Å². The van der Waals surface area contributed by atoms with Gasteiger partial charge in [0.1, 0.15) is 18.2 Å². The summed E-state index contributed by atoms with van der Waals surface area (Å²) in [6.07, 6.45) is 4.74. The van der Waals surface area contributed by atoms with E-state index in [2.05, 4.69) is 20.9 Å². The van der Waals surface area contributed by atoms with Crippen molar-refractivity contribution in [2.24, 2.45) is 0 Å². The van der Waals surface area contributed by atoms with Gasteiger partial charge in [-0.15, -0.1) is 0 Å². The Kier molecular flexibility index (Phi) is 7.91. The number of aromatic nitrogens is 1. The number of pyridine rings is 1. The van der Waals surface area contributed by atoms with Gasteiger partial charge in [0.2, 0.25) is 6.41 Å². The van der Waals surface area contributed by atoms with Crippen molar-refractivity contribution in [1.82, 2.24) is 10.3 Å². The topological polar surface area (TPSA) is 89.9 Å². The molecule has 0 fully saturated rings. The maximum Gasteiger partial charge on any atom is 0.405 e. The molecule has 0 unspecified atom stereocenters. The van der Waals surface area contributed by atoms with Gasteiger partial charge in [0.15, 0.2) is 0 Å². The lowest BCUT2D eigenvalue weighted by Crippen LogP contribution is -2.22. The van der Waals surface area contributed by atoms with Crippen molar-refractivity contribution in [3.8, 4) is 0 Å². The summed E-state index contributed by atoms with van der Waals surface area (Å²) in [4.78, 5) is 15.3. The van der Waals surface area contributed by atoms with Crippen LogP contribution in [0.4, 0.5) is 24.8 Å². The summed E-state index contributed by atoms with van der Waals surface area (Å²) < 4.78 is 37.7. The first-order chi connectivity index (χ1) is 16.2. The first-order valence-corrected chi connectivity index (χ1v) is 10.4. The van der Waals surface area contributed by atoms with E-state index in [4.69, 9.17) is 17.0 Å². The van der Waals surface area contributed by atoms with Gasteiger partial charge in [0.25, 0.3) is 0 Å². The van der Waals surface area contributed by atoms with E-state index in [1.54, 1.807) is 49.7 Å². The monoisotopic (exact) mass is 487 g/mol. The Labute approximate surface area is 199 Å². The number of carbonyl (C=O) groups is 1. The number of carbonyl (C=O) groups excluding carboxylic acids is 1. The zero-order valence-corrected chi connectivity index (χ0v) is 18.8. The van der Waals surface area contributed by atoms with E-state index in [1.807, 2.05) is 18.2 Å². The Hall–Kier alpha value is -3.85. The van der Waals surface area contributed by atoms with Crippen LogP contribution in [-0.4, -0.2) is 36.9 Å². The highest BCUT2D eigenvalue weighted by molar-refractivity contribution is 6.30. The minimum Gasteiger partial charge on any atom is -0.393 e. The summed E-state index contributed by atoms with van der Waals surface area (Å²) >= 11 is 6.05. The minimum atomic E-state index is -4.41. The van der Waals surface area contributed by atoms with Gasteiger partial charge in [-0.05, 0) is 59.2 Å². The lowest BCUT2D eigenvalue weighted by molar-refractivity contribution is -0.115. The van der Waals surface area contributed by atoms with Gasteiger partial charge >= 0.3 is 6.18 Å². The third-order valence-electron chi connectivity index (χ3n) is 4.71. The van der Waals surface area contributed by atoms with E-state index < -0.39 is 12.7 Å². The number of rotatable bonds is 8. The standard InChI is InChI=1S/C24H21ClF3N5O/c1-30-12-18-10-16(4-8-21(18)29)20(15-2-6-19(25)7-3-15)11-17-5-9-22(31-13-24(26,27)28)33-23(17)32-14-34/h2-12,14,29-30H,13H2,1H3,(H2,31,32,33,34)/b18-12-,20-11+,29-21?. The summed E-state index contributed by atoms with van der Waals surface area (Å²) in [5, 5.41) is 16.2. The average molecular weight is 488 g/mol. The Bertz CT molecular complexity index is 1200. The van der Waals surface area contributed by atoms with E-state index in [1.165, 1.54) is 6.07 Å². The molecule has 1 aromatic carbocycles. The van der Waals surface area contributed by atoms with Crippen LogP contribution in [0.15, 0.2) is 72.0 Å². The molecule has 176 valence electrons. The van der Waals surface area contributed by atoms with Crippen LogP contribution in [0.2, 0.25) is 5.02 Å². The Morgan fingerprint density at radius 2 is 1.88 bits per heavy atom. The highest BCUT2D eigenvalue weighted by Crippen LogP contribution is 2.32. The van der Waals surface area contributed by atoms with Crippen molar-refractivity contribution in [2.75, 3.05) is 24.2 Å². The number of benzene rings is 1. The predicted molar refractivity (Wildman–Crippen MR) is 130 cm³/mol. The summed E-state index contributed by atoms with van der Waals surface area (Å²) in [5.41, 5.74) is 3.78. The van der Waals surface area contributed by atoms with E-state index in [0.717, 1.165) is 16.7 Å². The van der Waals surface area contributed by atoms with E-state index in [-0.39, 0.29) is 11.6 Å². The van der Waals surface area contributed by atoms with Crippen molar-refractivity contribution in [3.63, 3.8) is 0 Å². The predicted octanol–water partition coefficient (Wildman–Crippen LogP) is 5.44. The summed E-state index contributed by atoms with van der Waals surface area (Å²) in [7, 11) is 1.74. The SMILES string of the molecule is CN/C=C1C=C(/C(=C/c2ccc(NCC(F)(F)F)nc2NC=O)c2ccc(Cl)cc2)C=CC/1=N. The first-order valence-electron chi connectivity index (χ1n) is 10.1. The maximum atomic E-state index is 12.6. The highest BCUT2D eigenvalue weighted by Gasteiger charge is 2.27. The van der Waals surface area contributed by atoms with Crippen LogP contribution in [-0.2, 0) is 4.79 Å². The lowest BCUT2D eigenvalue weighted by Gasteiger charge is -2.16. The van der Waals surface area contributed by atoms with Crippen molar-refractivity contribution in [2.45, 2.75) is 6.18 Å². The zero-order chi connectivity index (χ0) is 24.7. The molecule has 1 aromatic heterocycles. The Balaban J connectivity index is 2.11. The lowest BCUT2D eigenvalue weighted by atomic mass is 9.90. The Morgan fingerprint density at radius 1 is 1.15 bits per heavy atom. The largest absolute Gasteiger partial charge is 0.405 e. The van der Waals surface area contributed by atoms with Crippen molar-refractivity contribution in [3.05, 3.63) is 88.1 Å². The van der Waals surface area contributed by atoms with Crippen LogP contribution in [0.3, 0.4) is 0 Å². The molecule has 6 nitrogen and oxygen atoms in total. The van der Waals surface area contributed by atoms with Crippen LogP contribution < -0.4 is 16.0 Å². The second kappa shape index (κ2) is 10.8. The summed E-state index contributed by atoms with van der Waals surface area (Å²) in [6.45, 7) is -1.25. The molecule has 1 aliphatic carbocycles. The van der Waals surface area contributed by atoms with Crippen LogP contribution >= 0.6 is 11.6 Å². The van der Waals surface area contributed by atoms with Crippen LogP contribution in [0.25, 0.3) is 11.6 Å².